The molecule has 0 saturated carbocycles. The van der Waals surface area contributed by atoms with Crippen LogP contribution in [0.3, 0.4) is 0 Å². The zero-order valence-corrected chi connectivity index (χ0v) is 43.9. The Labute approximate surface area is 463 Å². The number of benzene rings is 12. The van der Waals surface area contributed by atoms with Gasteiger partial charge in [0.1, 0.15) is 12.0 Å². The molecular weight excluding hydrogens is 993 g/mol. The zero-order valence-electron chi connectivity index (χ0n) is 43.1. The molecule has 1 aliphatic rings. The van der Waals surface area contributed by atoms with E-state index < -0.39 is 6.17 Å². The third kappa shape index (κ3) is 6.77. The average Bonchev–Trinajstić information content (AvgIpc) is 4.30. The van der Waals surface area contributed by atoms with Crippen LogP contribution in [0.25, 0.3) is 125 Å². The molecule has 374 valence electrons. The minimum Gasteiger partial charge on any atom is -0.344 e. The number of fused-ring (bicyclic) bond motifs is 13. The fraction of sp³-hybridized carbons (Fsp3) is 0.0137. The summed E-state index contributed by atoms with van der Waals surface area (Å²) in [7, 11) is 0. The number of nitrogens with one attached hydrogen (secondary N) is 1. The van der Waals surface area contributed by atoms with E-state index in [2.05, 4.69) is 286 Å². The van der Waals surface area contributed by atoms with Crippen molar-refractivity contribution in [3.8, 4) is 28.2 Å². The number of aromatic nitrogens is 3. The third-order valence-corrected chi connectivity index (χ3v) is 17.6. The van der Waals surface area contributed by atoms with Gasteiger partial charge in [0.15, 0.2) is 5.84 Å². The van der Waals surface area contributed by atoms with Gasteiger partial charge in [-0.2, -0.15) is 0 Å². The number of amidine groups is 2. The Bertz CT molecular complexity index is 5290. The van der Waals surface area contributed by atoms with E-state index in [1.807, 2.05) is 11.3 Å². The Morgan fingerprint density at radius 1 is 0.338 bits per heavy atom. The van der Waals surface area contributed by atoms with Gasteiger partial charge < -0.3 is 19.0 Å². The van der Waals surface area contributed by atoms with Crippen molar-refractivity contribution >= 4 is 119 Å². The molecule has 0 fully saturated rings. The van der Waals surface area contributed by atoms with E-state index in [1.54, 1.807) is 0 Å². The summed E-state index contributed by atoms with van der Waals surface area (Å²) in [5.41, 5.74) is 15.1. The van der Waals surface area contributed by atoms with E-state index >= 15 is 0 Å². The van der Waals surface area contributed by atoms with Gasteiger partial charge in [-0.05, 0) is 119 Å². The van der Waals surface area contributed by atoms with E-state index in [1.165, 1.54) is 52.5 Å². The van der Waals surface area contributed by atoms with Gasteiger partial charge in [-0.25, -0.2) is 9.98 Å². The van der Waals surface area contributed by atoms with Crippen molar-refractivity contribution in [2.24, 2.45) is 9.98 Å². The summed E-state index contributed by atoms with van der Waals surface area (Å²) in [4.78, 5) is 11.7. The molecule has 17 rings (SSSR count). The Hall–Kier alpha value is -10.3. The van der Waals surface area contributed by atoms with Crippen molar-refractivity contribution in [2.75, 3.05) is 0 Å². The number of hydrogen-bond donors (Lipinski definition) is 1. The van der Waals surface area contributed by atoms with Crippen LogP contribution in [0.2, 0.25) is 0 Å². The van der Waals surface area contributed by atoms with Gasteiger partial charge in [0.25, 0.3) is 0 Å². The lowest BCUT2D eigenvalue weighted by atomic mass is 9.96. The van der Waals surface area contributed by atoms with Gasteiger partial charge >= 0.3 is 0 Å². The van der Waals surface area contributed by atoms with Crippen LogP contribution < -0.4 is 5.32 Å². The summed E-state index contributed by atoms with van der Waals surface area (Å²) in [6.45, 7) is 0. The normalized spacial score (nSPS) is 13.9. The fourth-order valence-electron chi connectivity index (χ4n) is 13.0. The molecule has 16 aromatic rings. The van der Waals surface area contributed by atoms with Crippen molar-refractivity contribution < 1.29 is 0 Å². The van der Waals surface area contributed by atoms with Crippen LogP contribution in [0.4, 0.5) is 0 Å². The van der Waals surface area contributed by atoms with Crippen molar-refractivity contribution in [1.82, 2.24) is 19.0 Å². The fourth-order valence-corrected chi connectivity index (χ4v) is 14.1. The summed E-state index contributed by atoms with van der Waals surface area (Å²) in [5.74, 6) is 1.39. The lowest BCUT2D eigenvalue weighted by Crippen LogP contribution is -2.34. The summed E-state index contributed by atoms with van der Waals surface area (Å²) in [6.07, 6.45) is -0.556. The van der Waals surface area contributed by atoms with Crippen LogP contribution in [-0.2, 0) is 0 Å². The van der Waals surface area contributed by atoms with Gasteiger partial charge in [-0.15, -0.1) is 11.3 Å². The maximum atomic E-state index is 5.86. The molecule has 0 bridgehead atoms. The lowest BCUT2D eigenvalue weighted by Gasteiger charge is -2.26. The Kier molecular flexibility index (Phi) is 9.84. The second-order valence-corrected chi connectivity index (χ2v) is 22.0. The molecular formula is C73H46N6S. The summed E-state index contributed by atoms with van der Waals surface area (Å²) < 4.78 is 9.78. The maximum absolute atomic E-state index is 5.86. The molecule has 6 nitrogen and oxygen atoms in total. The first kappa shape index (κ1) is 44.8. The first-order chi connectivity index (χ1) is 39.7. The Morgan fingerprint density at radius 2 is 0.900 bits per heavy atom. The molecule has 0 saturated heterocycles. The van der Waals surface area contributed by atoms with Crippen LogP contribution in [0, 0.1) is 0 Å². The van der Waals surface area contributed by atoms with Crippen LogP contribution in [0.15, 0.2) is 277 Å². The van der Waals surface area contributed by atoms with Gasteiger partial charge in [-0.1, -0.05) is 170 Å². The highest BCUT2D eigenvalue weighted by Crippen LogP contribution is 2.43. The molecule has 7 heteroatoms. The Balaban J connectivity index is 0.962. The number of thiophene rings is 1. The van der Waals surface area contributed by atoms with Crippen molar-refractivity contribution in [2.45, 2.75) is 6.17 Å². The molecule has 12 aromatic carbocycles. The predicted molar refractivity (Wildman–Crippen MR) is 337 cm³/mol. The highest BCUT2D eigenvalue weighted by molar-refractivity contribution is 7.25. The summed E-state index contributed by atoms with van der Waals surface area (Å²) in [6, 6.07) is 97.1. The highest BCUT2D eigenvalue weighted by atomic mass is 32.1. The van der Waals surface area contributed by atoms with E-state index in [9.17, 15) is 0 Å². The van der Waals surface area contributed by atoms with Gasteiger partial charge in [-0.3, -0.25) is 0 Å². The number of para-hydroxylation sites is 7. The van der Waals surface area contributed by atoms with Gasteiger partial charge in [0.2, 0.25) is 0 Å². The molecule has 1 N–H and O–H groups in total. The van der Waals surface area contributed by atoms with E-state index in [0.29, 0.717) is 5.84 Å². The number of rotatable bonds is 7. The van der Waals surface area contributed by atoms with Crippen LogP contribution >= 0.6 is 11.3 Å². The number of hydrogen-bond acceptors (Lipinski definition) is 4. The number of nitrogens with zero attached hydrogens (tertiary/aromatic N) is 5. The minimum absolute atomic E-state index is 0.556. The molecule has 1 aliphatic heterocycles. The maximum Gasteiger partial charge on any atom is 0.160 e. The molecule has 5 heterocycles. The van der Waals surface area contributed by atoms with Crippen LogP contribution in [0.1, 0.15) is 22.9 Å². The lowest BCUT2D eigenvalue weighted by molar-refractivity contribution is 0.677. The first-order valence-corrected chi connectivity index (χ1v) is 28.1. The quantitative estimate of drug-likeness (QED) is 0.170. The standard InChI is InChI=1S/C73H46N6S/c1-3-21-48(22-4-1)78-64-34-14-9-25-51(64)55-29-17-31-58(69(55)78)72-74-71(75-73(76-72)59-32-18-30-56-52-26-10-15-35-65(52)79(70(56)59)49-23-5-2-6-24-49)57-39-38-50(44-60(57)47-37-40-68-62(42-47)54-28-12-16-36-67(54)80-68)77-63-33-13-11-27-53(63)61-41-45-19-7-8-20-46(45)43-66(61)77/h1-44,72H,(H,74,75,76). The average molecular weight is 1040 g/mol. The topological polar surface area (TPSA) is 51.5 Å². The highest BCUT2D eigenvalue weighted by Gasteiger charge is 2.29. The summed E-state index contributed by atoms with van der Waals surface area (Å²) in [5, 5.41) is 16.1. The molecule has 0 radical (unpaired) electrons. The largest absolute Gasteiger partial charge is 0.344 e. The predicted octanol–water partition coefficient (Wildman–Crippen LogP) is 18.7. The number of aliphatic imine (C=N–C) groups is 2. The SMILES string of the molecule is c1ccc(-n2c3ccccc3c3cccc(C4=NC(c5ccc(-n6c7ccccc7c7cc8ccccc8cc76)cc5-c5ccc6sc7ccccc7c6c5)=NC(c5cccc6c7ccccc7n(-c7ccccc7)c56)N4)c32)cc1. The van der Waals surface area contributed by atoms with E-state index in [0.717, 1.165) is 94.6 Å². The van der Waals surface area contributed by atoms with Crippen LogP contribution in [-0.4, -0.2) is 25.4 Å². The first-order valence-electron chi connectivity index (χ1n) is 27.3. The van der Waals surface area contributed by atoms with Crippen LogP contribution in [0.5, 0.6) is 0 Å². The van der Waals surface area contributed by atoms with Gasteiger partial charge in [0, 0.05) is 86.2 Å². The molecule has 1 unspecified atom stereocenters. The molecule has 0 amide bonds. The zero-order chi connectivity index (χ0) is 52.4. The molecule has 0 aliphatic carbocycles. The second-order valence-electron chi connectivity index (χ2n) is 20.9. The Morgan fingerprint density at radius 3 is 1.62 bits per heavy atom. The van der Waals surface area contributed by atoms with Crippen molar-refractivity contribution in [1.29, 1.82) is 0 Å². The van der Waals surface area contributed by atoms with Crippen molar-refractivity contribution in [3.05, 3.63) is 284 Å². The molecule has 4 aromatic heterocycles. The molecule has 1 atom stereocenters. The van der Waals surface area contributed by atoms with E-state index in [4.69, 9.17) is 9.98 Å². The molecule has 0 spiro atoms. The van der Waals surface area contributed by atoms with Gasteiger partial charge in [0.05, 0.1) is 33.1 Å². The minimum atomic E-state index is -0.556. The smallest absolute Gasteiger partial charge is 0.160 e. The van der Waals surface area contributed by atoms with Crippen molar-refractivity contribution in [3.63, 3.8) is 0 Å². The molecule has 80 heavy (non-hydrogen) atoms. The summed E-state index contributed by atoms with van der Waals surface area (Å²) >= 11 is 1.84. The monoisotopic (exact) mass is 1040 g/mol. The third-order valence-electron chi connectivity index (χ3n) is 16.5. The second kappa shape index (κ2) is 17.6. The van der Waals surface area contributed by atoms with E-state index in [-0.39, 0.29) is 0 Å².